The lowest BCUT2D eigenvalue weighted by Gasteiger charge is -2.04. The molecular weight excluding hydrogens is 214 g/mol. The van der Waals surface area contributed by atoms with E-state index in [-0.39, 0.29) is 24.4 Å². The number of halogens is 2. The van der Waals surface area contributed by atoms with Gasteiger partial charge in [-0.15, -0.1) is 0 Å². The van der Waals surface area contributed by atoms with E-state index in [2.05, 4.69) is 0 Å². The molecule has 0 saturated heterocycles. The lowest BCUT2D eigenvalue weighted by Crippen LogP contribution is -2.13. The normalized spacial score (nSPS) is 10.4. The molecule has 0 aliphatic carbocycles. The maximum atomic E-state index is 13.2. The largest absolute Gasteiger partial charge is 0.374 e. The smallest absolute Gasteiger partial charge is 0.163 e. The fourth-order valence-electron chi connectivity index (χ4n) is 1.28. The van der Waals surface area contributed by atoms with Gasteiger partial charge >= 0.3 is 0 Å². The summed E-state index contributed by atoms with van der Waals surface area (Å²) in [5, 5.41) is 0. The van der Waals surface area contributed by atoms with Crippen molar-refractivity contribution in [1.82, 2.24) is 0 Å². The number of ether oxygens (including phenoxy) is 1. The van der Waals surface area contributed by atoms with Crippen molar-refractivity contribution in [3.05, 3.63) is 35.4 Å². The summed E-state index contributed by atoms with van der Waals surface area (Å²) in [6.45, 7) is 2.30. The van der Waals surface area contributed by atoms with Crippen LogP contribution >= 0.6 is 0 Å². The van der Waals surface area contributed by atoms with Crippen LogP contribution in [-0.2, 0) is 16.0 Å². The number of carbonyl (C=O) groups is 1. The van der Waals surface area contributed by atoms with Crippen LogP contribution in [0.25, 0.3) is 0 Å². The first kappa shape index (κ1) is 12.8. The van der Waals surface area contributed by atoms with Gasteiger partial charge in [0.05, 0.1) is 0 Å². The number of rotatable bonds is 6. The van der Waals surface area contributed by atoms with Crippen molar-refractivity contribution in [2.75, 3.05) is 13.2 Å². The number of hydrogen-bond donors (Lipinski definition) is 0. The van der Waals surface area contributed by atoms with Crippen LogP contribution in [0.3, 0.4) is 0 Å². The van der Waals surface area contributed by atoms with Crippen molar-refractivity contribution >= 4 is 5.78 Å². The lowest BCUT2D eigenvalue weighted by atomic mass is 10.1. The van der Waals surface area contributed by atoms with Gasteiger partial charge in [0.15, 0.2) is 5.78 Å². The van der Waals surface area contributed by atoms with E-state index in [1.54, 1.807) is 0 Å². The number of hydrogen-bond acceptors (Lipinski definition) is 2. The Kier molecular flexibility index (Phi) is 5.05. The monoisotopic (exact) mass is 228 g/mol. The number of carbonyl (C=O) groups excluding carboxylic acids is 1. The summed E-state index contributed by atoms with van der Waals surface area (Å²) in [7, 11) is 0. The highest BCUT2D eigenvalue weighted by atomic mass is 19.1. The fourth-order valence-corrected chi connectivity index (χ4v) is 1.28. The van der Waals surface area contributed by atoms with Crippen LogP contribution in [0.5, 0.6) is 0 Å². The molecule has 0 aromatic heterocycles. The fraction of sp³-hybridized carbons (Fsp3) is 0.417. The van der Waals surface area contributed by atoms with Gasteiger partial charge in [-0.3, -0.25) is 4.79 Å². The lowest BCUT2D eigenvalue weighted by molar-refractivity contribution is -0.123. The van der Waals surface area contributed by atoms with Crippen LogP contribution in [0.4, 0.5) is 8.78 Å². The van der Waals surface area contributed by atoms with Crippen LogP contribution in [0, 0.1) is 11.6 Å². The third kappa shape index (κ3) is 3.70. The zero-order chi connectivity index (χ0) is 12.0. The molecule has 0 amide bonds. The molecule has 0 saturated carbocycles. The van der Waals surface area contributed by atoms with Gasteiger partial charge in [-0.1, -0.05) is 13.0 Å². The van der Waals surface area contributed by atoms with Crippen LogP contribution in [0.2, 0.25) is 0 Å². The molecule has 0 fully saturated rings. The second-order valence-electron chi connectivity index (χ2n) is 3.47. The number of benzene rings is 1. The molecular formula is C12H14F2O2. The van der Waals surface area contributed by atoms with E-state index in [1.165, 1.54) is 6.07 Å². The number of ketones is 1. The highest BCUT2D eigenvalue weighted by Gasteiger charge is 2.12. The summed E-state index contributed by atoms with van der Waals surface area (Å²) in [5.74, 6) is -1.70. The molecule has 0 aliphatic rings. The zero-order valence-corrected chi connectivity index (χ0v) is 9.13. The van der Waals surface area contributed by atoms with Gasteiger partial charge in [0.25, 0.3) is 0 Å². The Labute approximate surface area is 93.2 Å². The van der Waals surface area contributed by atoms with Gasteiger partial charge in [-0.2, -0.15) is 0 Å². The van der Waals surface area contributed by atoms with Gasteiger partial charge in [-0.25, -0.2) is 8.78 Å². The molecule has 0 unspecified atom stereocenters. The first-order valence-corrected chi connectivity index (χ1v) is 5.17. The van der Waals surface area contributed by atoms with Gasteiger partial charge < -0.3 is 4.74 Å². The maximum Gasteiger partial charge on any atom is 0.163 e. The average molecular weight is 228 g/mol. The quantitative estimate of drug-likeness (QED) is 0.699. The van der Waals surface area contributed by atoms with E-state index in [9.17, 15) is 13.6 Å². The van der Waals surface area contributed by atoms with Gasteiger partial charge in [-0.05, 0) is 18.6 Å². The molecule has 0 N–H and O–H groups in total. The topological polar surface area (TPSA) is 26.3 Å². The second-order valence-corrected chi connectivity index (χ2v) is 3.47. The van der Waals surface area contributed by atoms with Crippen molar-refractivity contribution < 1.29 is 18.3 Å². The Balaban J connectivity index is 2.56. The molecule has 1 aromatic carbocycles. The molecule has 0 heterocycles. The van der Waals surface area contributed by atoms with Crippen molar-refractivity contribution in [2.24, 2.45) is 0 Å². The minimum atomic E-state index is -0.691. The highest BCUT2D eigenvalue weighted by Crippen LogP contribution is 2.12. The Hall–Kier alpha value is -1.29. The summed E-state index contributed by atoms with van der Waals surface area (Å²) >= 11 is 0. The molecule has 16 heavy (non-hydrogen) atoms. The molecule has 1 rings (SSSR count). The summed E-state index contributed by atoms with van der Waals surface area (Å²) in [5.41, 5.74) is -0.187. The van der Waals surface area contributed by atoms with E-state index in [4.69, 9.17) is 4.74 Å². The first-order chi connectivity index (χ1) is 7.65. The Bertz CT molecular complexity index is 344. The Morgan fingerprint density at radius 1 is 1.31 bits per heavy atom. The van der Waals surface area contributed by atoms with Gasteiger partial charge in [0.2, 0.25) is 0 Å². The molecule has 2 nitrogen and oxygen atoms in total. The molecule has 0 aliphatic heterocycles. The molecule has 0 bridgehead atoms. The van der Waals surface area contributed by atoms with Crippen LogP contribution < -0.4 is 0 Å². The highest BCUT2D eigenvalue weighted by molar-refractivity contribution is 5.82. The second kappa shape index (κ2) is 6.33. The third-order valence-corrected chi connectivity index (χ3v) is 2.05. The molecule has 0 atom stereocenters. The van der Waals surface area contributed by atoms with E-state index >= 15 is 0 Å². The Morgan fingerprint density at radius 2 is 1.94 bits per heavy atom. The molecule has 4 heteroatoms. The zero-order valence-electron chi connectivity index (χ0n) is 9.13. The van der Waals surface area contributed by atoms with Gasteiger partial charge in [0, 0.05) is 18.6 Å². The summed E-state index contributed by atoms with van der Waals surface area (Å²) in [4.78, 5) is 11.3. The van der Waals surface area contributed by atoms with E-state index in [0.717, 1.165) is 18.6 Å². The minimum absolute atomic E-state index is 0.0956. The SMILES string of the molecule is CCCOCC(=O)Cc1c(F)cccc1F. The van der Waals surface area contributed by atoms with Crippen molar-refractivity contribution in [1.29, 1.82) is 0 Å². The summed E-state index contributed by atoms with van der Waals surface area (Å²) < 4.78 is 31.3. The van der Waals surface area contributed by atoms with E-state index < -0.39 is 11.6 Å². The van der Waals surface area contributed by atoms with Crippen LogP contribution in [0.1, 0.15) is 18.9 Å². The maximum absolute atomic E-state index is 13.2. The molecule has 1 aromatic rings. The van der Waals surface area contributed by atoms with Crippen LogP contribution in [-0.4, -0.2) is 19.0 Å². The predicted octanol–water partition coefficient (Wildman–Crippen LogP) is 2.50. The molecule has 0 radical (unpaired) electrons. The van der Waals surface area contributed by atoms with E-state index in [1.807, 2.05) is 6.92 Å². The predicted molar refractivity (Wildman–Crippen MR) is 56.2 cm³/mol. The van der Waals surface area contributed by atoms with E-state index in [0.29, 0.717) is 6.61 Å². The average Bonchev–Trinajstić information content (AvgIpc) is 2.24. The van der Waals surface area contributed by atoms with Crippen LogP contribution in [0.15, 0.2) is 18.2 Å². The molecule has 0 spiro atoms. The Morgan fingerprint density at radius 3 is 2.50 bits per heavy atom. The van der Waals surface area contributed by atoms with Crippen molar-refractivity contribution in [3.8, 4) is 0 Å². The standard InChI is InChI=1S/C12H14F2O2/c1-2-6-16-8-9(15)7-10-11(13)4-3-5-12(10)14/h3-5H,2,6-8H2,1H3. The number of Topliss-reactive ketones (excluding diaryl/α,β-unsaturated/α-hetero) is 1. The molecule has 88 valence electrons. The van der Waals surface area contributed by atoms with Crippen molar-refractivity contribution in [3.63, 3.8) is 0 Å². The van der Waals surface area contributed by atoms with Crippen molar-refractivity contribution in [2.45, 2.75) is 19.8 Å². The van der Waals surface area contributed by atoms with Gasteiger partial charge in [0.1, 0.15) is 18.2 Å². The summed E-state index contributed by atoms with van der Waals surface area (Å²) in [6, 6.07) is 3.55. The third-order valence-electron chi connectivity index (χ3n) is 2.05. The first-order valence-electron chi connectivity index (χ1n) is 5.17. The summed E-state index contributed by atoms with van der Waals surface area (Å²) in [6.07, 6.45) is 0.545. The minimum Gasteiger partial charge on any atom is -0.374 e.